The molecule has 19 heavy (non-hydrogen) atoms. The van der Waals surface area contributed by atoms with Gasteiger partial charge in [0.05, 0.1) is 11.6 Å². The van der Waals surface area contributed by atoms with Crippen molar-refractivity contribution >= 4 is 18.0 Å². The molecule has 0 aliphatic heterocycles. The molecule has 2 aromatic rings. The summed E-state index contributed by atoms with van der Waals surface area (Å²) in [6.07, 6.45) is 0.178. The number of Topliss-reactive ketones (excluding diaryl/α,β-unsaturated/α-hetero) is 1. The smallest absolute Gasteiger partial charge is 0.266 e. The zero-order valence-corrected chi connectivity index (χ0v) is 11.5. The number of carbonyl (C=O) groups excluding carboxylic acids is 1. The number of hydrogen-bond acceptors (Lipinski definition) is 3. The highest BCUT2D eigenvalue weighted by molar-refractivity contribution is 7.71. The summed E-state index contributed by atoms with van der Waals surface area (Å²) >= 11 is 4.94. The molecule has 1 N–H and O–H groups in total. The minimum Gasteiger partial charge on any atom is -0.434 e. The largest absolute Gasteiger partial charge is 0.434 e. The third-order valence-corrected chi connectivity index (χ3v) is 3.14. The zero-order valence-electron chi connectivity index (χ0n) is 10.7. The van der Waals surface area contributed by atoms with Crippen LogP contribution in [0.4, 0.5) is 4.39 Å². The van der Waals surface area contributed by atoms with E-state index in [0.717, 1.165) is 5.69 Å². The predicted octanol–water partition coefficient (Wildman–Crippen LogP) is 3.90. The molecule has 2 rings (SSSR count). The molecule has 0 radical (unpaired) electrons. The van der Waals surface area contributed by atoms with E-state index >= 15 is 0 Å². The number of aryl methyl sites for hydroxylation is 1. The van der Waals surface area contributed by atoms with Crippen LogP contribution in [0.2, 0.25) is 0 Å². The molecular weight excluding hydrogens is 265 g/mol. The summed E-state index contributed by atoms with van der Waals surface area (Å²) < 4.78 is 19.4. The Morgan fingerprint density at radius 1 is 1.47 bits per heavy atom. The molecule has 5 heteroatoms. The van der Waals surface area contributed by atoms with E-state index in [9.17, 15) is 9.18 Å². The van der Waals surface area contributed by atoms with Gasteiger partial charge in [-0.2, -0.15) is 0 Å². The van der Waals surface area contributed by atoms with Crippen LogP contribution < -0.4 is 0 Å². The quantitative estimate of drug-likeness (QED) is 0.863. The number of hydrogen-bond donors (Lipinski definition) is 1. The van der Waals surface area contributed by atoms with Gasteiger partial charge in [-0.25, -0.2) is 4.39 Å². The average molecular weight is 279 g/mol. The second kappa shape index (κ2) is 5.48. The Balaban J connectivity index is 2.54. The summed E-state index contributed by atoms with van der Waals surface area (Å²) in [7, 11) is 0. The van der Waals surface area contributed by atoms with Gasteiger partial charge in [-0.15, -0.1) is 0 Å². The summed E-state index contributed by atoms with van der Waals surface area (Å²) in [6.45, 7) is 3.27. The second-order valence-corrected chi connectivity index (χ2v) is 4.85. The first-order valence-corrected chi connectivity index (χ1v) is 6.33. The van der Waals surface area contributed by atoms with E-state index < -0.39 is 5.92 Å². The van der Waals surface area contributed by atoms with Crippen LogP contribution in [0, 0.1) is 17.6 Å². The summed E-state index contributed by atoms with van der Waals surface area (Å²) in [5.74, 6) is -0.317. The number of aromatic nitrogens is 1. The van der Waals surface area contributed by atoms with Crippen LogP contribution in [0.15, 0.2) is 28.7 Å². The highest BCUT2D eigenvalue weighted by Gasteiger charge is 2.24. The molecular formula is C14H14FNO2S. The molecule has 0 spiro atoms. The second-order valence-electron chi connectivity index (χ2n) is 4.48. The van der Waals surface area contributed by atoms with E-state index in [4.69, 9.17) is 16.6 Å². The van der Waals surface area contributed by atoms with Crippen LogP contribution >= 0.6 is 12.2 Å². The van der Waals surface area contributed by atoms with Crippen LogP contribution in [-0.4, -0.2) is 10.8 Å². The van der Waals surface area contributed by atoms with Crippen molar-refractivity contribution in [3.05, 3.63) is 51.9 Å². The van der Waals surface area contributed by atoms with Gasteiger partial charge in [0.2, 0.25) is 0 Å². The molecule has 0 bridgehead atoms. The van der Waals surface area contributed by atoms with Crippen molar-refractivity contribution in [1.29, 1.82) is 0 Å². The third kappa shape index (κ3) is 2.98. The minimum atomic E-state index is -0.452. The lowest BCUT2D eigenvalue weighted by atomic mass is 9.90. The summed E-state index contributed by atoms with van der Waals surface area (Å²) in [5.41, 5.74) is 1.16. The molecule has 0 saturated heterocycles. The van der Waals surface area contributed by atoms with Gasteiger partial charge in [0.1, 0.15) is 17.4 Å². The third-order valence-electron chi connectivity index (χ3n) is 2.95. The first-order chi connectivity index (χ1) is 8.99. The Bertz CT molecular complexity index is 659. The number of rotatable bonds is 4. The van der Waals surface area contributed by atoms with Gasteiger partial charge in [-0.1, -0.05) is 18.2 Å². The molecule has 0 fully saturated rings. The number of oxazole rings is 1. The van der Waals surface area contributed by atoms with E-state index in [1.807, 2.05) is 0 Å². The van der Waals surface area contributed by atoms with E-state index in [1.165, 1.54) is 13.0 Å². The number of nitrogens with one attached hydrogen (secondary N) is 1. The van der Waals surface area contributed by atoms with Crippen molar-refractivity contribution in [3.8, 4) is 0 Å². The monoisotopic (exact) mass is 279 g/mol. The lowest BCUT2D eigenvalue weighted by molar-refractivity contribution is -0.117. The van der Waals surface area contributed by atoms with Crippen LogP contribution in [0.5, 0.6) is 0 Å². The Morgan fingerprint density at radius 3 is 2.68 bits per heavy atom. The maximum Gasteiger partial charge on any atom is 0.266 e. The van der Waals surface area contributed by atoms with Crippen LogP contribution in [0.25, 0.3) is 0 Å². The molecule has 1 aromatic carbocycles. The fourth-order valence-electron chi connectivity index (χ4n) is 2.14. The number of halogens is 1. The lowest BCUT2D eigenvalue weighted by Gasteiger charge is -2.14. The molecule has 0 unspecified atom stereocenters. The molecule has 1 heterocycles. The fraction of sp³-hybridized carbons (Fsp3) is 0.286. The van der Waals surface area contributed by atoms with Gasteiger partial charge in [-0.3, -0.25) is 4.79 Å². The number of H-pyrrole nitrogens is 1. The average Bonchev–Trinajstić information content (AvgIpc) is 2.66. The molecule has 1 atom stereocenters. The first kappa shape index (κ1) is 13.7. The van der Waals surface area contributed by atoms with Crippen molar-refractivity contribution in [2.24, 2.45) is 0 Å². The van der Waals surface area contributed by atoms with E-state index in [2.05, 4.69) is 4.98 Å². The summed E-state index contributed by atoms with van der Waals surface area (Å²) in [4.78, 5) is 14.5. The van der Waals surface area contributed by atoms with Gasteiger partial charge in [0.15, 0.2) is 0 Å². The maximum absolute atomic E-state index is 13.9. The van der Waals surface area contributed by atoms with E-state index in [1.54, 1.807) is 25.1 Å². The Kier molecular flexibility index (Phi) is 3.95. The van der Waals surface area contributed by atoms with Gasteiger partial charge in [0, 0.05) is 6.42 Å². The van der Waals surface area contributed by atoms with Crippen molar-refractivity contribution in [2.45, 2.75) is 26.2 Å². The van der Waals surface area contributed by atoms with E-state index in [-0.39, 0.29) is 22.9 Å². The van der Waals surface area contributed by atoms with Crippen LogP contribution in [0.3, 0.4) is 0 Å². The van der Waals surface area contributed by atoms with Crippen molar-refractivity contribution < 1.29 is 13.6 Å². The molecule has 1 aromatic heterocycles. The highest BCUT2D eigenvalue weighted by Crippen LogP contribution is 2.32. The number of carbonyl (C=O) groups is 1. The minimum absolute atomic E-state index is 0.0324. The SMILES string of the molecule is CC(=O)C[C@H](c1ccccc1F)c1oc(=S)[nH]c1C. The standard InChI is InChI=1S/C14H14FNO2S/c1-8(17)7-11(10-5-3-4-6-12(10)15)13-9(2)16-14(19)18-13/h3-6,11H,7H2,1-2H3,(H,16,19)/t11-/m1/s1. The van der Waals surface area contributed by atoms with Crippen molar-refractivity contribution in [2.75, 3.05) is 0 Å². The molecule has 0 aliphatic carbocycles. The summed E-state index contributed by atoms with van der Waals surface area (Å²) in [6, 6.07) is 6.39. The molecule has 0 aliphatic rings. The molecule has 100 valence electrons. The number of ketones is 1. The van der Waals surface area contributed by atoms with E-state index in [0.29, 0.717) is 11.3 Å². The summed E-state index contributed by atoms with van der Waals surface area (Å²) in [5, 5.41) is 0. The first-order valence-electron chi connectivity index (χ1n) is 5.92. The number of aromatic amines is 1. The molecule has 0 amide bonds. The van der Waals surface area contributed by atoms with Crippen LogP contribution in [0.1, 0.15) is 36.3 Å². The van der Waals surface area contributed by atoms with Gasteiger partial charge in [0.25, 0.3) is 4.84 Å². The predicted molar refractivity (Wildman–Crippen MR) is 72.2 cm³/mol. The molecule has 0 saturated carbocycles. The maximum atomic E-state index is 13.9. The topological polar surface area (TPSA) is 46.0 Å². The van der Waals surface area contributed by atoms with Crippen molar-refractivity contribution in [3.63, 3.8) is 0 Å². The Hall–Kier alpha value is -1.75. The number of benzene rings is 1. The van der Waals surface area contributed by atoms with Gasteiger partial charge >= 0.3 is 0 Å². The van der Waals surface area contributed by atoms with Gasteiger partial charge in [-0.05, 0) is 37.7 Å². The fourth-order valence-corrected chi connectivity index (χ4v) is 2.38. The highest BCUT2D eigenvalue weighted by atomic mass is 32.1. The molecule has 3 nitrogen and oxygen atoms in total. The lowest BCUT2D eigenvalue weighted by Crippen LogP contribution is -2.08. The zero-order chi connectivity index (χ0) is 14.0. The normalized spacial score (nSPS) is 12.4. The Morgan fingerprint density at radius 2 is 2.16 bits per heavy atom. The van der Waals surface area contributed by atoms with Crippen LogP contribution in [-0.2, 0) is 4.79 Å². The van der Waals surface area contributed by atoms with Crippen molar-refractivity contribution in [1.82, 2.24) is 4.98 Å². The van der Waals surface area contributed by atoms with Gasteiger partial charge < -0.3 is 9.40 Å². The Labute approximate surface area is 115 Å².